The standard InChI is InChI=1S/C24H32N2O3S/c1-3-17-30(28,29)26-16-10-15-22(18-26)24(27)25-19(2)23(20-11-6-4-7-12-20)21-13-8-5-9-14-21/h4-9,11-14,19,22-23H,3,10,15-18H2,1-2H3,(H,25,27). The van der Waals surface area contributed by atoms with E-state index in [4.69, 9.17) is 0 Å². The number of benzene rings is 2. The van der Waals surface area contributed by atoms with Gasteiger partial charge in [0.05, 0.1) is 11.7 Å². The summed E-state index contributed by atoms with van der Waals surface area (Å²) in [7, 11) is -3.28. The highest BCUT2D eigenvalue weighted by molar-refractivity contribution is 7.89. The topological polar surface area (TPSA) is 66.5 Å². The van der Waals surface area contributed by atoms with Crippen molar-refractivity contribution in [1.82, 2.24) is 9.62 Å². The third kappa shape index (κ3) is 5.49. The molecular formula is C24H32N2O3S. The van der Waals surface area contributed by atoms with Crippen molar-refractivity contribution in [2.45, 2.75) is 45.1 Å². The summed E-state index contributed by atoms with van der Waals surface area (Å²) in [4.78, 5) is 13.1. The lowest BCUT2D eigenvalue weighted by Gasteiger charge is -2.33. The SMILES string of the molecule is CCCS(=O)(=O)N1CCCC(C(=O)NC(C)C(c2ccccc2)c2ccccc2)C1. The van der Waals surface area contributed by atoms with Crippen LogP contribution in [0.4, 0.5) is 0 Å². The van der Waals surface area contributed by atoms with E-state index in [2.05, 4.69) is 29.6 Å². The lowest BCUT2D eigenvalue weighted by molar-refractivity contribution is -0.126. The van der Waals surface area contributed by atoms with Crippen molar-refractivity contribution in [3.05, 3.63) is 71.8 Å². The normalized spacial score (nSPS) is 18.8. The number of amides is 1. The maximum absolute atomic E-state index is 13.1. The van der Waals surface area contributed by atoms with Crippen LogP contribution < -0.4 is 5.32 Å². The van der Waals surface area contributed by atoms with E-state index in [1.807, 2.05) is 50.2 Å². The average molecular weight is 429 g/mol. The minimum absolute atomic E-state index is 0.0277. The Bertz CT molecular complexity index is 876. The molecule has 0 aliphatic carbocycles. The molecule has 0 bridgehead atoms. The van der Waals surface area contributed by atoms with Crippen molar-refractivity contribution < 1.29 is 13.2 Å². The number of carbonyl (C=O) groups is 1. The van der Waals surface area contributed by atoms with Gasteiger partial charge in [0.15, 0.2) is 0 Å². The summed E-state index contributed by atoms with van der Waals surface area (Å²) in [6, 6.07) is 20.2. The van der Waals surface area contributed by atoms with Crippen molar-refractivity contribution in [3.8, 4) is 0 Å². The highest BCUT2D eigenvalue weighted by Gasteiger charge is 2.33. The molecule has 1 heterocycles. The minimum atomic E-state index is -3.28. The van der Waals surface area contributed by atoms with Gasteiger partial charge in [-0.2, -0.15) is 0 Å². The molecule has 5 nitrogen and oxygen atoms in total. The molecule has 1 fully saturated rings. The van der Waals surface area contributed by atoms with Crippen LogP contribution in [0, 0.1) is 5.92 Å². The Kier molecular flexibility index (Phi) is 7.67. The second kappa shape index (κ2) is 10.2. The molecule has 2 aromatic carbocycles. The summed E-state index contributed by atoms with van der Waals surface area (Å²) >= 11 is 0. The molecule has 0 spiro atoms. The monoisotopic (exact) mass is 428 g/mol. The van der Waals surface area contributed by atoms with Crippen molar-refractivity contribution in [1.29, 1.82) is 0 Å². The van der Waals surface area contributed by atoms with Gasteiger partial charge in [0.2, 0.25) is 15.9 Å². The van der Waals surface area contributed by atoms with Crippen LogP contribution in [0.5, 0.6) is 0 Å². The first-order valence-corrected chi connectivity index (χ1v) is 12.4. The highest BCUT2D eigenvalue weighted by atomic mass is 32.2. The van der Waals surface area contributed by atoms with E-state index in [9.17, 15) is 13.2 Å². The van der Waals surface area contributed by atoms with Gasteiger partial charge in [-0.05, 0) is 37.3 Å². The number of rotatable bonds is 8. The summed E-state index contributed by atoms with van der Waals surface area (Å²) in [5, 5.41) is 3.19. The van der Waals surface area contributed by atoms with Crippen LogP contribution in [-0.4, -0.2) is 43.5 Å². The fourth-order valence-corrected chi connectivity index (χ4v) is 5.90. The van der Waals surface area contributed by atoms with E-state index in [1.165, 1.54) is 4.31 Å². The molecule has 3 rings (SSSR count). The Balaban J connectivity index is 1.74. The number of nitrogens with one attached hydrogen (secondary N) is 1. The molecule has 1 amide bonds. The molecule has 1 N–H and O–H groups in total. The van der Waals surface area contributed by atoms with E-state index in [-0.39, 0.29) is 36.1 Å². The highest BCUT2D eigenvalue weighted by Crippen LogP contribution is 2.29. The van der Waals surface area contributed by atoms with Crippen molar-refractivity contribution in [2.75, 3.05) is 18.8 Å². The number of carbonyl (C=O) groups excluding carboxylic acids is 1. The Labute approximate surface area is 180 Å². The molecule has 0 aromatic heterocycles. The first-order chi connectivity index (χ1) is 14.4. The fourth-order valence-electron chi connectivity index (χ4n) is 4.31. The summed E-state index contributed by atoms with van der Waals surface area (Å²) in [6.07, 6.45) is 2.02. The summed E-state index contributed by atoms with van der Waals surface area (Å²) in [5.74, 6) is -0.197. The molecule has 0 radical (unpaired) electrons. The molecule has 162 valence electrons. The van der Waals surface area contributed by atoms with Gasteiger partial charge in [0.1, 0.15) is 0 Å². The largest absolute Gasteiger partial charge is 0.352 e. The van der Waals surface area contributed by atoms with Gasteiger partial charge in [0.25, 0.3) is 0 Å². The van der Waals surface area contributed by atoms with Crippen molar-refractivity contribution >= 4 is 15.9 Å². The van der Waals surface area contributed by atoms with Gasteiger partial charge in [-0.1, -0.05) is 67.6 Å². The van der Waals surface area contributed by atoms with Gasteiger partial charge in [-0.25, -0.2) is 12.7 Å². The fraction of sp³-hybridized carbons (Fsp3) is 0.458. The Hall–Kier alpha value is -2.18. The molecule has 1 aliphatic rings. The zero-order chi connectivity index (χ0) is 21.6. The molecule has 2 atom stereocenters. The van der Waals surface area contributed by atoms with Crippen LogP contribution in [0.25, 0.3) is 0 Å². The molecule has 30 heavy (non-hydrogen) atoms. The molecular weight excluding hydrogens is 396 g/mol. The predicted molar refractivity (Wildman–Crippen MR) is 121 cm³/mol. The van der Waals surface area contributed by atoms with Crippen LogP contribution in [-0.2, 0) is 14.8 Å². The van der Waals surface area contributed by atoms with Crippen LogP contribution in [0.1, 0.15) is 50.2 Å². The van der Waals surface area contributed by atoms with Crippen molar-refractivity contribution in [3.63, 3.8) is 0 Å². The Morgan fingerprint density at radius 3 is 2.17 bits per heavy atom. The number of nitrogens with zero attached hydrogens (tertiary/aromatic N) is 1. The molecule has 2 aromatic rings. The maximum Gasteiger partial charge on any atom is 0.224 e. The molecule has 2 unspecified atom stereocenters. The smallest absolute Gasteiger partial charge is 0.224 e. The number of hydrogen-bond donors (Lipinski definition) is 1. The van der Waals surface area contributed by atoms with Crippen LogP contribution in [0.3, 0.4) is 0 Å². The average Bonchev–Trinajstić information content (AvgIpc) is 2.75. The Morgan fingerprint density at radius 2 is 1.63 bits per heavy atom. The zero-order valence-electron chi connectivity index (χ0n) is 17.8. The van der Waals surface area contributed by atoms with E-state index in [0.717, 1.165) is 24.0 Å². The van der Waals surface area contributed by atoms with Crippen LogP contribution in [0.2, 0.25) is 0 Å². The number of piperidine rings is 1. The maximum atomic E-state index is 13.1. The number of hydrogen-bond acceptors (Lipinski definition) is 3. The lowest BCUT2D eigenvalue weighted by Crippen LogP contribution is -2.48. The van der Waals surface area contributed by atoms with Crippen LogP contribution in [0.15, 0.2) is 60.7 Å². The third-order valence-electron chi connectivity index (χ3n) is 5.80. The molecule has 0 saturated carbocycles. The van der Waals surface area contributed by atoms with Gasteiger partial charge in [-0.15, -0.1) is 0 Å². The van der Waals surface area contributed by atoms with E-state index in [0.29, 0.717) is 13.0 Å². The number of sulfonamides is 1. The third-order valence-corrected chi connectivity index (χ3v) is 7.84. The van der Waals surface area contributed by atoms with Crippen LogP contribution >= 0.6 is 0 Å². The van der Waals surface area contributed by atoms with Gasteiger partial charge >= 0.3 is 0 Å². The first kappa shape index (κ1) is 22.5. The van der Waals surface area contributed by atoms with E-state index >= 15 is 0 Å². The van der Waals surface area contributed by atoms with Crippen molar-refractivity contribution in [2.24, 2.45) is 5.92 Å². The Morgan fingerprint density at radius 1 is 1.07 bits per heavy atom. The van der Waals surface area contributed by atoms with Gasteiger partial charge < -0.3 is 5.32 Å². The minimum Gasteiger partial charge on any atom is -0.352 e. The van der Waals surface area contributed by atoms with E-state index in [1.54, 1.807) is 0 Å². The molecule has 6 heteroatoms. The summed E-state index contributed by atoms with van der Waals surface area (Å²) in [5.41, 5.74) is 2.29. The van der Waals surface area contributed by atoms with E-state index < -0.39 is 10.0 Å². The second-order valence-electron chi connectivity index (χ2n) is 8.11. The quantitative estimate of drug-likeness (QED) is 0.696. The lowest BCUT2D eigenvalue weighted by atomic mass is 9.85. The molecule has 1 saturated heterocycles. The van der Waals surface area contributed by atoms with Gasteiger partial charge in [0, 0.05) is 25.0 Å². The second-order valence-corrected chi connectivity index (χ2v) is 10.2. The predicted octanol–water partition coefficient (Wildman–Crippen LogP) is 3.78. The van der Waals surface area contributed by atoms with Gasteiger partial charge in [-0.3, -0.25) is 4.79 Å². The summed E-state index contributed by atoms with van der Waals surface area (Å²) < 4.78 is 26.4. The zero-order valence-corrected chi connectivity index (χ0v) is 18.6. The first-order valence-electron chi connectivity index (χ1n) is 10.8. The summed E-state index contributed by atoms with van der Waals surface area (Å²) in [6.45, 7) is 4.68. The molecule has 1 aliphatic heterocycles.